The molecule has 1 aromatic heterocycles. The van der Waals surface area contributed by atoms with Gasteiger partial charge in [0.15, 0.2) is 0 Å². The molecule has 100 valence electrons. The number of hydrogen-bond donors (Lipinski definition) is 1. The van der Waals surface area contributed by atoms with Gasteiger partial charge in [-0.2, -0.15) is 0 Å². The number of para-hydroxylation sites is 1. The molecule has 0 bridgehead atoms. The highest BCUT2D eigenvalue weighted by Gasteiger charge is 2.21. The minimum absolute atomic E-state index is 0.202. The van der Waals surface area contributed by atoms with E-state index in [1.165, 1.54) is 0 Å². The van der Waals surface area contributed by atoms with Crippen molar-refractivity contribution in [2.45, 2.75) is 24.6 Å². The van der Waals surface area contributed by atoms with Gasteiger partial charge < -0.3 is 9.88 Å². The molecule has 19 heavy (non-hydrogen) atoms. The second kappa shape index (κ2) is 5.25. The molecule has 1 aliphatic rings. The van der Waals surface area contributed by atoms with Crippen molar-refractivity contribution in [3.63, 3.8) is 0 Å². The SMILES string of the molecule is O=C(Cc1c[nH]c2ccccc12)N1CCC(Cl)CC1. The topological polar surface area (TPSA) is 36.1 Å². The zero-order valence-electron chi connectivity index (χ0n) is 10.7. The van der Waals surface area contributed by atoms with Crippen molar-refractivity contribution in [2.75, 3.05) is 13.1 Å². The van der Waals surface area contributed by atoms with E-state index in [0.717, 1.165) is 42.4 Å². The van der Waals surface area contributed by atoms with E-state index in [2.05, 4.69) is 11.1 Å². The van der Waals surface area contributed by atoms with Gasteiger partial charge in [-0.25, -0.2) is 0 Å². The van der Waals surface area contributed by atoms with Crippen molar-refractivity contribution in [1.29, 1.82) is 0 Å². The van der Waals surface area contributed by atoms with Gasteiger partial charge in [0.1, 0.15) is 0 Å². The third kappa shape index (κ3) is 2.61. The number of nitrogens with zero attached hydrogens (tertiary/aromatic N) is 1. The third-order valence-corrected chi connectivity index (χ3v) is 4.23. The zero-order chi connectivity index (χ0) is 13.2. The highest BCUT2D eigenvalue weighted by Crippen LogP contribution is 2.20. The van der Waals surface area contributed by atoms with Crippen LogP contribution in [0.3, 0.4) is 0 Å². The highest BCUT2D eigenvalue weighted by atomic mass is 35.5. The summed E-state index contributed by atoms with van der Waals surface area (Å²) in [5.41, 5.74) is 2.17. The number of nitrogens with one attached hydrogen (secondary N) is 1. The van der Waals surface area contributed by atoms with Gasteiger partial charge >= 0.3 is 0 Å². The molecule has 4 heteroatoms. The van der Waals surface area contributed by atoms with Gasteiger partial charge in [0.05, 0.1) is 6.42 Å². The molecule has 0 spiro atoms. The van der Waals surface area contributed by atoms with E-state index in [1.54, 1.807) is 0 Å². The molecular weight excluding hydrogens is 260 g/mol. The lowest BCUT2D eigenvalue weighted by atomic mass is 10.1. The number of likely N-dealkylation sites (tertiary alicyclic amines) is 1. The third-order valence-electron chi connectivity index (χ3n) is 3.79. The normalized spacial score (nSPS) is 17.0. The molecule has 1 aromatic carbocycles. The Morgan fingerprint density at radius 3 is 2.84 bits per heavy atom. The number of carbonyl (C=O) groups excluding carboxylic acids is 1. The van der Waals surface area contributed by atoms with Crippen LogP contribution >= 0.6 is 11.6 Å². The van der Waals surface area contributed by atoms with Crippen LogP contribution in [0, 0.1) is 0 Å². The van der Waals surface area contributed by atoms with Gasteiger partial charge in [-0.3, -0.25) is 4.79 Å². The number of piperidine rings is 1. The van der Waals surface area contributed by atoms with Crippen LogP contribution in [0.5, 0.6) is 0 Å². The fraction of sp³-hybridized carbons (Fsp3) is 0.400. The molecule has 1 aliphatic heterocycles. The number of benzene rings is 1. The lowest BCUT2D eigenvalue weighted by Crippen LogP contribution is -2.39. The van der Waals surface area contributed by atoms with Crippen LogP contribution in [-0.2, 0) is 11.2 Å². The average Bonchev–Trinajstić information content (AvgIpc) is 2.83. The highest BCUT2D eigenvalue weighted by molar-refractivity contribution is 6.20. The van der Waals surface area contributed by atoms with Crippen molar-refractivity contribution in [2.24, 2.45) is 0 Å². The van der Waals surface area contributed by atoms with Gasteiger partial charge in [-0.05, 0) is 24.5 Å². The van der Waals surface area contributed by atoms with Crippen molar-refractivity contribution in [1.82, 2.24) is 9.88 Å². The number of alkyl halides is 1. The van der Waals surface area contributed by atoms with Crippen LogP contribution in [0.25, 0.3) is 10.9 Å². The summed E-state index contributed by atoms with van der Waals surface area (Å²) in [7, 11) is 0. The molecule has 0 unspecified atom stereocenters. The molecule has 2 heterocycles. The number of aromatic nitrogens is 1. The Morgan fingerprint density at radius 2 is 2.05 bits per heavy atom. The molecule has 0 saturated carbocycles. The van der Waals surface area contributed by atoms with Crippen LogP contribution in [0.4, 0.5) is 0 Å². The maximum Gasteiger partial charge on any atom is 0.227 e. The van der Waals surface area contributed by atoms with Crippen LogP contribution in [-0.4, -0.2) is 34.3 Å². The molecule has 0 radical (unpaired) electrons. The van der Waals surface area contributed by atoms with Crippen molar-refractivity contribution >= 4 is 28.4 Å². The van der Waals surface area contributed by atoms with E-state index in [4.69, 9.17) is 11.6 Å². The van der Waals surface area contributed by atoms with E-state index in [0.29, 0.717) is 6.42 Å². The first-order chi connectivity index (χ1) is 9.24. The molecule has 1 saturated heterocycles. The first-order valence-corrected chi connectivity index (χ1v) is 7.14. The predicted molar refractivity (Wildman–Crippen MR) is 77.5 cm³/mol. The molecular formula is C15H17ClN2O. The van der Waals surface area contributed by atoms with Gasteiger partial charge in [0.25, 0.3) is 0 Å². The average molecular weight is 277 g/mol. The van der Waals surface area contributed by atoms with Crippen LogP contribution < -0.4 is 0 Å². The lowest BCUT2D eigenvalue weighted by Gasteiger charge is -2.29. The number of halogens is 1. The molecule has 1 fully saturated rings. The first-order valence-electron chi connectivity index (χ1n) is 6.71. The smallest absolute Gasteiger partial charge is 0.227 e. The number of hydrogen-bond acceptors (Lipinski definition) is 1. The Kier molecular flexibility index (Phi) is 3.47. The maximum atomic E-state index is 12.3. The fourth-order valence-corrected chi connectivity index (χ4v) is 2.85. The van der Waals surface area contributed by atoms with E-state index in [9.17, 15) is 4.79 Å². The van der Waals surface area contributed by atoms with E-state index in [-0.39, 0.29) is 11.3 Å². The summed E-state index contributed by atoms with van der Waals surface area (Å²) in [6.45, 7) is 1.57. The maximum absolute atomic E-state index is 12.3. The Balaban J connectivity index is 1.72. The van der Waals surface area contributed by atoms with Crippen LogP contribution in [0.15, 0.2) is 30.5 Å². The quantitative estimate of drug-likeness (QED) is 0.841. The van der Waals surface area contributed by atoms with E-state index < -0.39 is 0 Å². The molecule has 0 aliphatic carbocycles. The molecule has 1 amide bonds. The largest absolute Gasteiger partial charge is 0.361 e. The summed E-state index contributed by atoms with van der Waals surface area (Å²) in [6.07, 6.45) is 4.22. The van der Waals surface area contributed by atoms with Gasteiger partial charge in [-0.15, -0.1) is 11.6 Å². The van der Waals surface area contributed by atoms with Crippen LogP contribution in [0.1, 0.15) is 18.4 Å². The fourth-order valence-electron chi connectivity index (χ4n) is 2.65. The number of H-pyrrole nitrogens is 1. The summed E-state index contributed by atoms with van der Waals surface area (Å²) in [5.74, 6) is 0.202. The predicted octanol–water partition coefficient (Wildman–Crippen LogP) is 2.94. The molecule has 0 atom stereocenters. The number of carbonyl (C=O) groups is 1. The molecule has 2 aromatic rings. The zero-order valence-corrected chi connectivity index (χ0v) is 11.5. The minimum atomic E-state index is 0.202. The van der Waals surface area contributed by atoms with Crippen molar-refractivity contribution in [3.05, 3.63) is 36.0 Å². The first kappa shape index (κ1) is 12.5. The molecule has 1 N–H and O–H groups in total. The Bertz CT molecular complexity index is 585. The molecule has 3 rings (SSSR count). The van der Waals surface area contributed by atoms with Gasteiger partial charge in [-0.1, -0.05) is 18.2 Å². The minimum Gasteiger partial charge on any atom is -0.361 e. The van der Waals surface area contributed by atoms with Crippen molar-refractivity contribution in [3.8, 4) is 0 Å². The van der Waals surface area contributed by atoms with Crippen LogP contribution in [0.2, 0.25) is 0 Å². The Morgan fingerprint density at radius 1 is 1.32 bits per heavy atom. The van der Waals surface area contributed by atoms with Gasteiger partial charge in [0, 0.05) is 35.6 Å². The summed E-state index contributed by atoms with van der Waals surface area (Å²) in [5, 5.41) is 1.38. The summed E-state index contributed by atoms with van der Waals surface area (Å²) >= 11 is 6.06. The number of rotatable bonds is 2. The molecule has 3 nitrogen and oxygen atoms in total. The van der Waals surface area contributed by atoms with Crippen molar-refractivity contribution < 1.29 is 4.79 Å². The lowest BCUT2D eigenvalue weighted by molar-refractivity contribution is -0.131. The Labute approximate surface area is 117 Å². The summed E-state index contributed by atoms with van der Waals surface area (Å²) in [6, 6.07) is 8.08. The van der Waals surface area contributed by atoms with Gasteiger partial charge in [0.2, 0.25) is 5.91 Å². The number of aromatic amines is 1. The second-order valence-electron chi connectivity index (χ2n) is 5.09. The number of amides is 1. The Hall–Kier alpha value is -1.48. The van der Waals surface area contributed by atoms with E-state index in [1.807, 2.05) is 29.3 Å². The standard InChI is InChI=1S/C15H17ClN2O/c16-12-5-7-18(8-6-12)15(19)9-11-10-17-14-4-2-1-3-13(11)14/h1-4,10,12,17H,5-9H2. The summed E-state index contributed by atoms with van der Waals surface area (Å²) in [4.78, 5) is 17.4. The van der Waals surface area contributed by atoms with E-state index >= 15 is 0 Å². The second-order valence-corrected chi connectivity index (χ2v) is 5.71. The monoisotopic (exact) mass is 276 g/mol. The summed E-state index contributed by atoms with van der Waals surface area (Å²) < 4.78 is 0. The number of fused-ring (bicyclic) bond motifs is 1.